The predicted molar refractivity (Wildman–Crippen MR) is 113 cm³/mol. The molecule has 3 atom stereocenters. The van der Waals surface area contributed by atoms with Crippen molar-refractivity contribution in [1.29, 1.82) is 0 Å². The van der Waals surface area contributed by atoms with E-state index in [-0.39, 0.29) is 29.9 Å². The smallest absolute Gasteiger partial charge is 0.299 e. The first-order valence-corrected chi connectivity index (χ1v) is 10.9. The number of para-hydroxylation sites is 1. The average Bonchev–Trinajstić information content (AvgIpc) is 3.16. The number of fused-ring (bicyclic) bond motifs is 4. The molecule has 1 aromatic heterocycles. The molecule has 8 heteroatoms. The van der Waals surface area contributed by atoms with E-state index in [2.05, 4.69) is 22.1 Å². The molecule has 4 aliphatic heterocycles. The lowest BCUT2D eigenvalue weighted by atomic mass is 9.84. The Balaban J connectivity index is 1.43. The third-order valence-corrected chi connectivity index (χ3v) is 7.01. The highest BCUT2D eigenvalue weighted by Gasteiger charge is 2.38. The molecule has 0 aliphatic carbocycles. The molecule has 4 saturated heterocycles. The van der Waals surface area contributed by atoms with E-state index in [0.717, 1.165) is 32.5 Å². The Morgan fingerprint density at radius 1 is 1.20 bits per heavy atom. The van der Waals surface area contributed by atoms with E-state index in [9.17, 15) is 9.59 Å². The molecular formula is C22H29N5O3. The Labute approximate surface area is 176 Å². The zero-order valence-electron chi connectivity index (χ0n) is 17.8. The van der Waals surface area contributed by atoms with Gasteiger partial charge in [-0.25, -0.2) is 0 Å². The highest BCUT2D eigenvalue weighted by Crippen LogP contribution is 2.31. The zero-order valence-corrected chi connectivity index (χ0v) is 17.8. The number of amides is 2. The fourth-order valence-corrected chi connectivity index (χ4v) is 5.35. The molecule has 2 amide bonds. The molecule has 4 fully saturated rings. The molecule has 160 valence electrons. The zero-order chi connectivity index (χ0) is 21.0. The van der Waals surface area contributed by atoms with E-state index < -0.39 is 0 Å². The standard InChI is InChI=1S/C22H29N5O3/c1-13-11-25(3)21(29)14(2)27(13)22-24-19-16(5-4-6-18(19)30-22)20(28)23-17-12-26-9-7-15(17)8-10-26/h4-6,13-15,17H,7-12H2,1-3H3,(H,23,28)/t13-,14-,17?/m0/s1. The van der Waals surface area contributed by atoms with Gasteiger partial charge >= 0.3 is 0 Å². The van der Waals surface area contributed by atoms with Crippen molar-refractivity contribution in [3.05, 3.63) is 23.8 Å². The molecule has 6 rings (SSSR count). The Morgan fingerprint density at radius 3 is 2.67 bits per heavy atom. The summed E-state index contributed by atoms with van der Waals surface area (Å²) < 4.78 is 6.02. The molecule has 30 heavy (non-hydrogen) atoms. The van der Waals surface area contributed by atoms with Gasteiger partial charge in [0.1, 0.15) is 11.6 Å². The van der Waals surface area contributed by atoms with E-state index >= 15 is 0 Å². The van der Waals surface area contributed by atoms with E-state index in [1.807, 2.05) is 31.0 Å². The number of carbonyl (C=O) groups is 2. The van der Waals surface area contributed by atoms with Crippen LogP contribution < -0.4 is 10.2 Å². The van der Waals surface area contributed by atoms with Crippen LogP contribution in [0.3, 0.4) is 0 Å². The fourth-order valence-electron chi connectivity index (χ4n) is 5.35. The van der Waals surface area contributed by atoms with Crippen LogP contribution in [0.4, 0.5) is 6.01 Å². The van der Waals surface area contributed by atoms with E-state index in [1.165, 1.54) is 0 Å². The largest absolute Gasteiger partial charge is 0.423 e. The number of piperazine rings is 1. The Hall–Kier alpha value is -2.61. The third kappa shape index (κ3) is 3.14. The number of oxazole rings is 1. The number of aromatic nitrogens is 1. The van der Waals surface area contributed by atoms with Crippen molar-refractivity contribution >= 4 is 28.9 Å². The number of piperidine rings is 3. The first kappa shape index (κ1) is 19.4. The molecule has 1 aromatic carbocycles. The van der Waals surface area contributed by atoms with Gasteiger partial charge < -0.3 is 24.4 Å². The van der Waals surface area contributed by atoms with Crippen molar-refractivity contribution in [2.75, 3.05) is 38.1 Å². The van der Waals surface area contributed by atoms with Crippen LogP contribution in [0.5, 0.6) is 0 Å². The fraction of sp³-hybridized carbons (Fsp3) is 0.591. The van der Waals surface area contributed by atoms with Gasteiger partial charge in [-0.3, -0.25) is 9.59 Å². The van der Waals surface area contributed by atoms with Gasteiger partial charge in [0.05, 0.1) is 5.56 Å². The van der Waals surface area contributed by atoms with Gasteiger partial charge in [-0.15, -0.1) is 0 Å². The van der Waals surface area contributed by atoms with E-state index in [0.29, 0.717) is 35.1 Å². The number of nitrogens with one attached hydrogen (secondary N) is 1. The number of benzene rings is 1. The van der Waals surface area contributed by atoms with Crippen molar-refractivity contribution in [1.82, 2.24) is 20.1 Å². The topological polar surface area (TPSA) is 81.9 Å². The van der Waals surface area contributed by atoms with Crippen LogP contribution in [0.1, 0.15) is 37.0 Å². The second kappa shape index (κ2) is 7.27. The van der Waals surface area contributed by atoms with Crippen LogP contribution in [0.25, 0.3) is 11.1 Å². The van der Waals surface area contributed by atoms with Gasteiger partial charge in [-0.2, -0.15) is 4.98 Å². The monoisotopic (exact) mass is 411 g/mol. The number of likely N-dealkylation sites (N-methyl/N-ethyl adjacent to an activating group) is 1. The first-order valence-electron chi connectivity index (χ1n) is 10.9. The summed E-state index contributed by atoms with van der Waals surface area (Å²) in [5, 5.41) is 3.24. The van der Waals surface area contributed by atoms with Crippen LogP contribution in [-0.4, -0.2) is 78.0 Å². The van der Waals surface area contributed by atoms with Crippen LogP contribution in [0.2, 0.25) is 0 Å². The molecule has 0 saturated carbocycles. The highest BCUT2D eigenvalue weighted by atomic mass is 16.4. The number of nitrogens with zero attached hydrogens (tertiary/aromatic N) is 4. The quantitative estimate of drug-likeness (QED) is 0.828. The van der Waals surface area contributed by atoms with Crippen LogP contribution >= 0.6 is 0 Å². The van der Waals surface area contributed by atoms with E-state index in [1.54, 1.807) is 11.0 Å². The molecule has 0 radical (unpaired) electrons. The minimum atomic E-state index is -0.365. The van der Waals surface area contributed by atoms with Gasteiger partial charge in [-0.05, 0) is 57.8 Å². The lowest BCUT2D eigenvalue weighted by molar-refractivity contribution is -0.133. The Bertz CT molecular complexity index is 980. The maximum atomic E-state index is 13.1. The van der Waals surface area contributed by atoms with Crippen molar-refractivity contribution in [2.24, 2.45) is 5.92 Å². The van der Waals surface area contributed by atoms with Crippen molar-refractivity contribution < 1.29 is 14.0 Å². The molecule has 4 aliphatic rings. The third-order valence-electron chi connectivity index (χ3n) is 7.01. The summed E-state index contributed by atoms with van der Waals surface area (Å²) >= 11 is 0. The lowest BCUT2D eigenvalue weighted by Crippen LogP contribution is -2.59. The van der Waals surface area contributed by atoms with Gasteiger partial charge in [0.15, 0.2) is 5.58 Å². The second-order valence-electron chi connectivity index (χ2n) is 9.02. The number of hydrogen-bond donors (Lipinski definition) is 1. The number of carbonyl (C=O) groups excluding carboxylic acids is 2. The summed E-state index contributed by atoms with van der Waals surface area (Å²) in [6.45, 7) is 7.72. The first-order chi connectivity index (χ1) is 14.4. The van der Waals surface area contributed by atoms with Gasteiger partial charge in [0, 0.05) is 32.2 Å². The van der Waals surface area contributed by atoms with Crippen LogP contribution in [0, 0.1) is 5.92 Å². The van der Waals surface area contributed by atoms with Crippen molar-refractivity contribution in [2.45, 2.75) is 44.8 Å². The van der Waals surface area contributed by atoms with Crippen molar-refractivity contribution in [3.8, 4) is 0 Å². The molecular weight excluding hydrogens is 382 g/mol. The maximum Gasteiger partial charge on any atom is 0.299 e. The molecule has 2 aromatic rings. The minimum absolute atomic E-state index is 0.0377. The number of rotatable bonds is 3. The number of anilines is 1. The SMILES string of the molecule is C[C@H]1CN(C)C(=O)[C@H](C)N1c1nc2c(C(=O)NC3CN4CCC3CC4)cccc2o1. The van der Waals surface area contributed by atoms with Crippen molar-refractivity contribution in [3.63, 3.8) is 0 Å². The molecule has 1 unspecified atom stereocenters. The Kier molecular flexibility index (Phi) is 4.69. The van der Waals surface area contributed by atoms with Crippen LogP contribution in [0.15, 0.2) is 22.6 Å². The summed E-state index contributed by atoms with van der Waals surface area (Å²) in [5.41, 5.74) is 1.65. The summed E-state index contributed by atoms with van der Waals surface area (Å²) in [6.07, 6.45) is 2.30. The lowest BCUT2D eigenvalue weighted by Gasteiger charge is -2.44. The summed E-state index contributed by atoms with van der Waals surface area (Å²) in [7, 11) is 1.82. The summed E-state index contributed by atoms with van der Waals surface area (Å²) in [4.78, 5) is 36.4. The normalized spacial score (nSPS) is 31.4. The van der Waals surface area contributed by atoms with E-state index in [4.69, 9.17) is 4.42 Å². The summed E-state index contributed by atoms with van der Waals surface area (Å²) in [6, 6.07) is 5.74. The summed E-state index contributed by atoms with van der Waals surface area (Å²) in [5.74, 6) is 0.495. The number of hydrogen-bond acceptors (Lipinski definition) is 6. The van der Waals surface area contributed by atoms with Gasteiger partial charge in [0.2, 0.25) is 5.91 Å². The Morgan fingerprint density at radius 2 is 1.97 bits per heavy atom. The second-order valence-corrected chi connectivity index (χ2v) is 9.02. The van der Waals surface area contributed by atoms with Gasteiger partial charge in [0.25, 0.3) is 11.9 Å². The molecule has 1 N–H and O–H groups in total. The molecule has 5 heterocycles. The molecule has 2 bridgehead atoms. The van der Waals surface area contributed by atoms with Crippen LogP contribution in [-0.2, 0) is 4.79 Å². The average molecular weight is 412 g/mol. The highest BCUT2D eigenvalue weighted by molar-refractivity contribution is 6.05. The van der Waals surface area contributed by atoms with Gasteiger partial charge in [-0.1, -0.05) is 6.07 Å². The molecule has 0 spiro atoms. The molecule has 8 nitrogen and oxygen atoms in total. The minimum Gasteiger partial charge on any atom is -0.423 e. The maximum absolute atomic E-state index is 13.1. The predicted octanol–water partition coefficient (Wildman–Crippen LogP) is 1.71.